The van der Waals surface area contributed by atoms with E-state index in [1.165, 1.54) is 6.07 Å². The molecule has 9 nitrogen and oxygen atoms in total. The highest BCUT2D eigenvalue weighted by atomic mass is 16.6. The summed E-state index contributed by atoms with van der Waals surface area (Å²) in [7, 11) is 0. The van der Waals surface area contributed by atoms with Crippen molar-refractivity contribution in [2.24, 2.45) is 5.73 Å². The lowest BCUT2D eigenvalue weighted by Gasteiger charge is -2.19. The Hall–Kier alpha value is -3.17. The number of aromatic nitrogens is 4. The first-order valence-electron chi connectivity index (χ1n) is 9.64. The molecule has 1 heterocycles. The molecule has 9 heteroatoms. The third kappa shape index (κ3) is 5.21. The number of benzene rings is 2. The van der Waals surface area contributed by atoms with Gasteiger partial charge in [-0.1, -0.05) is 49.7 Å². The highest BCUT2D eigenvalue weighted by Gasteiger charge is 2.22. The summed E-state index contributed by atoms with van der Waals surface area (Å²) in [5.74, 6) is 0.633. The fourth-order valence-corrected chi connectivity index (χ4v) is 3.15. The summed E-state index contributed by atoms with van der Waals surface area (Å²) in [6.07, 6.45) is 1.96. The monoisotopic (exact) mass is 395 g/mol. The second-order valence-electron chi connectivity index (χ2n) is 6.80. The van der Waals surface area contributed by atoms with Crippen molar-refractivity contribution < 1.29 is 4.92 Å². The van der Waals surface area contributed by atoms with Crippen LogP contribution in [0.3, 0.4) is 0 Å². The number of nitrogens with two attached hydrogens (primary N) is 1. The second kappa shape index (κ2) is 9.85. The van der Waals surface area contributed by atoms with Gasteiger partial charge in [-0.05, 0) is 33.5 Å². The maximum absolute atomic E-state index is 11.2. The zero-order chi connectivity index (χ0) is 20.6. The average Bonchev–Trinajstić information content (AvgIpc) is 3.21. The fraction of sp³-hybridized carbons (Fsp3) is 0.350. The Morgan fingerprint density at radius 2 is 2.00 bits per heavy atom. The molecule has 0 fully saturated rings. The van der Waals surface area contributed by atoms with Gasteiger partial charge in [0.05, 0.1) is 11.0 Å². The number of rotatable bonds is 10. The summed E-state index contributed by atoms with van der Waals surface area (Å²) < 4.78 is 1.76. The standard InChI is InChI=1S/C20H25N7O2/c1-2-3-10-26-20(23-24-25-26)19(17-8-5-9-18(12-17)27(28)29)22-14-16-7-4-6-15(11-16)13-21/h4-9,11-12,19,22H,2-3,10,13-14,21H2,1H3. The van der Waals surface area contributed by atoms with Gasteiger partial charge in [0.25, 0.3) is 5.69 Å². The first-order valence-corrected chi connectivity index (χ1v) is 9.64. The largest absolute Gasteiger partial charge is 0.326 e. The predicted molar refractivity (Wildman–Crippen MR) is 109 cm³/mol. The maximum Gasteiger partial charge on any atom is 0.269 e. The van der Waals surface area contributed by atoms with Crippen LogP contribution in [-0.2, 0) is 19.6 Å². The molecule has 3 aromatic rings. The van der Waals surface area contributed by atoms with Gasteiger partial charge >= 0.3 is 0 Å². The van der Waals surface area contributed by atoms with Crippen molar-refractivity contribution in [3.63, 3.8) is 0 Å². The summed E-state index contributed by atoms with van der Waals surface area (Å²) in [5, 5.41) is 26.9. The molecule has 152 valence electrons. The normalized spacial score (nSPS) is 12.1. The lowest BCUT2D eigenvalue weighted by molar-refractivity contribution is -0.384. The average molecular weight is 395 g/mol. The summed E-state index contributed by atoms with van der Waals surface area (Å²) in [4.78, 5) is 10.9. The molecule has 0 saturated carbocycles. The lowest BCUT2D eigenvalue weighted by atomic mass is 10.0. The third-order valence-corrected chi connectivity index (χ3v) is 4.69. The van der Waals surface area contributed by atoms with Gasteiger partial charge in [-0.25, -0.2) is 4.68 Å². The van der Waals surface area contributed by atoms with E-state index < -0.39 is 4.92 Å². The molecule has 0 saturated heterocycles. The Kier molecular flexibility index (Phi) is 6.99. The number of tetrazole rings is 1. The lowest BCUT2D eigenvalue weighted by Crippen LogP contribution is -2.26. The Morgan fingerprint density at radius 3 is 2.76 bits per heavy atom. The minimum Gasteiger partial charge on any atom is -0.326 e. The molecule has 1 atom stereocenters. The van der Waals surface area contributed by atoms with E-state index in [4.69, 9.17) is 5.73 Å². The van der Waals surface area contributed by atoms with E-state index in [0.717, 1.165) is 29.5 Å². The third-order valence-electron chi connectivity index (χ3n) is 4.69. The van der Waals surface area contributed by atoms with Crippen LogP contribution >= 0.6 is 0 Å². The molecule has 0 bridgehead atoms. The SMILES string of the molecule is CCCCn1nnnc1C(NCc1cccc(CN)c1)c1cccc([N+](=O)[O-])c1. The zero-order valence-electron chi connectivity index (χ0n) is 16.4. The Balaban J connectivity index is 1.92. The molecule has 0 spiro atoms. The number of hydrogen-bond acceptors (Lipinski definition) is 7. The molecule has 3 rings (SSSR count). The molecule has 1 unspecified atom stereocenters. The summed E-state index contributed by atoms with van der Waals surface area (Å²) in [6.45, 7) is 3.80. The van der Waals surface area contributed by atoms with Crippen molar-refractivity contribution in [1.29, 1.82) is 0 Å². The Morgan fingerprint density at radius 1 is 1.21 bits per heavy atom. The highest BCUT2D eigenvalue weighted by Crippen LogP contribution is 2.24. The summed E-state index contributed by atoms with van der Waals surface area (Å²) in [6, 6.07) is 14.2. The molecule has 0 amide bonds. The topological polar surface area (TPSA) is 125 Å². The number of unbranched alkanes of at least 4 members (excludes halogenated alkanes) is 1. The molecular formula is C20H25N7O2. The first kappa shape index (κ1) is 20.6. The molecule has 2 aromatic carbocycles. The van der Waals surface area contributed by atoms with E-state index in [1.807, 2.05) is 30.3 Å². The van der Waals surface area contributed by atoms with Gasteiger partial charge in [0, 0.05) is 31.8 Å². The van der Waals surface area contributed by atoms with Crippen molar-refractivity contribution in [2.45, 2.75) is 45.4 Å². The minimum absolute atomic E-state index is 0.0343. The van der Waals surface area contributed by atoms with Crippen LogP contribution in [0.25, 0.3) is 0 Å². The molecule has 3 N–H and O–H groups in total. The number of nitrogens with one attached hydrogen (secondary N) is 1. The van der Waals surface area contributed by atoms with E-state index in [2.05, 4.69) is 27.8 Å². The number of non-ortho nitro benzene ring substituents is 1. The number of hydrogen-bond donors (Lipinski definition) is 2. The molecule has 0 aliphatic heterocycles. The summed E-state index contributed by atoms with van der Waals surface area (Å²) >= 11 is 0. The van der Waals surface area contributed by atoms with Gasteiger partial charge in [-0.15, -0.1) is 5.10 Å². The molecule has 1 aromatic heterocycles. The van der Waals surface area contributed by atoms with Gasteiger partial charge in [0.2, 0.25) is 0 Å². The smallest absolute Gasteiger partial charge is 0.269 e. The van der Waals surface area contributed by atoms with E-state index in [0.29, 0.717) is 25.5 Å². The van der Waals surface area contributed by atoms with E-state index in [1.54, 1.807) is 16.8 Å². The molecule has 0 radical (unpaired) electrons. The maximum atomic E-state index is 11.2. The van der Waals surface area contributed by atoms with Gasteiger partial charge < -0.3 is 5.73 Å². The van der Waals surface area contributed by atoms with Crippen LogP contribution in [0.4, 0.5) is 5.69 Å². The van der Waals surface area contributed by atoms with Crippen LogP contribution in [0.1, 0.15) is 48.3 Å². The quantitative estimate of drug-likeness (QED) is 0.399. The van der Waals surface area contributed by atoms with Gasteiger partial charge in [0.1, 0.15) is 0 Å². The predicted octanol–water partition coefficient (Wildman–Crippen LogP) is 2.72. The Bertz CT molecular complexity index is 957. The van der Waals surface area contributed by atoms with Crippen LogP contribution in [-0.4, -0.2) is 25.1 Å². The highest BCUT2D eigenvalue weighted by molar-refractivity contribution is 5.38. The molecule has 0 aliphatic rings. The minimum atomic E-state index is -0.397. The van der Waals surface area contributed by atoms with Crippen LogP contribution in [0.5, 0.6) is 0 Å². The fourth-order valence-electron chi connectivity index (χ4n) is 3.15. The van der Waals surface area contributed by atoms with E-state index >= 15 is 0 Å². The van der Waals surface area contributed by atoms with Gasteiger partial charge in [-0.3, -0.25) is 15.4 Å². The Labute approximate surface area is 169 Å². The van der Waals surface area contributed by atoms with Crippen molar-refractivity contribution in [1.82, 2.24) is 25.5 Å². The van der Waals surface area contributed by atoms with E-state index in [-0.39, 0.29) is 11.7 Å². The van der Waals surface area contributed by atoms with Gasteiger partial charge in [0.15, 0.2) is 5.82 Å². The number of nitrogens with zero attached hydrogens (tertiary/aromatic N) is 5. The van der Waals surface area contributed by atoms with Crippen molar-refractivity contribution in [2.75, 3.05) is 0 Å². The van der Waals surface area contributed by atoms with Crippen molar-refractivity contribution >= 4 is 5.69 Å². The van der Waals surface area contributed by atoms with Crippen molar-refractivity contribution in [3.05, 3.63) is 81.2 Å². The van der Waals surface area contributed by atoms with Crippen LogP contribution < -0.4 is 11.1 Å². The number of nitro benzene ring substituents is 1. The van der Waals surface area contributed by atoms with Crippen LogP contribution in [0.2, 0.25) is 0 Å². The number of nitro groups is 1. The molecule has 29 heavy (non-hydrogen) atoms. The van der Waals surface area contributed by atoms with Crippen LogP contribution in [0, 0.1) is 10.1 Å². The van der Waals surface area contributed by atoms with Crippen molar-refractivity contribution in [3.8, 4) is 0 Å². The summed E-state index contributed by atoms with van der Waals surface area (Å²) in [5.41, 5.74) is 8.62. The van der Waals surface area contributed by atoms with E-state index in [9.17, 15) is 10.1 Å². The van der Waals surface area contributed by atoms with Crippen LogP contribution in [0.15, 0.2) is 48.5 Å². The second-order valence-corrected chi connectivity index (χ2v) is 6.80. The molecular weight excluding hydrogens is 370 g/mol. The zero-order valence-corrected chi connectivity index (χ0v) is 16.4. The van der Waals surface area contributed by atoms with Gasteiger partial charge in [-0.2, -0.15) is 0 Å². The molecule has 0 aliphatic carbocycles. The first-order chi connectivity index (χ1) is 14.1. The number of aryl methyl sites for hydroxylation is 1.